The van der Waals surface area contributed by atoms with Gasteiger partial charge in [-0.15, -0.1) is 0 Å². The average Bonchev–Trinajstić information content (AvgIpc) is 3.63. The number of carboxylic acid groups (broad SMARTS) is 1. The van der Waals surface area contributed by atoms with E-state index in [0.717, 1.165) is 24.3 Å². The van der Waals surface area contributed by atoms with Crippen LogP contribution in [0.15, 0.2) is 53.7 Å². The summed E-state index contributed by atoms with van der Waals surface area (Å²) in [7, 11) is 5.30. The second-order valence-electron chi connectivity index (χ2n) is 10.4. The fourth-order valence-corrected chi connectivity index (χ4v) is 6.11. The van der Waals surface area contributed by atoms with Gasteiger partial charge in [0.05, 0.1) is 41.3 Å². The van der Waals surface area contributed by atoms with Gasteiger partial charge in [-0.1, -0.05) is 23.2 Å². The largest absolute Gasteiger partial charge is 0.495 e. The number of nitrogens with zero attached hydrogens (tertiary/aromatic N) is 5. The maximum Gasteiger partial charge on any atom is 0.341 e. The highest BCUT2D eigenvalue weighted by Gasteiger charge is 2.52. The van der Waals surface area contributed by atoms with Crippen LogP contribution in [0.5, 0.6) is 11.6 Å². The molecule has 3 aromatic heterocycles. The number of aromatic nitrogens is 3. The lowest BCUT2D eigenvalue weighted by atomic mass is 10.1. The van der Waals surface area contributed by atoms with Crippen molar-refractivity contribution >= 4 is 51.6 Å². The van der Waals surface area contributed by atoms with Gasteiger partial charge in [-0.3, -0.25) is 4.79 Å². The van der Waals surface area contributed by atoms with Gasteiger partial charge >= 0.3 is 5.97 Å². The van der Waals surface area contributed by atoms with E-state index in [1.165, 1.54) is 13.3 Å². The molecule has 41 heavy (non-hydrogen) atoms. The van der Waals surface area contributed by atoms with E-state index in [4.69, 9.17) is 32.7 Å². The minimum Gasteiger partial charge on any atom is -0.495 e. The smallest absolute Gasteiger partial charge is 0.341 e. The van der Waals surface area contributed by atoms with Gasteiger partial charge in [0.1, 0.15) is 28.8 Å². The number of piperidine rings is 1. The van der Waals surface area contributed by atoms with Gasteiger partial charge in [0.2, 0.25) is 11.3 Å². The van der Waals surface area contributed by atoms with Crippen LogP contribution in [0.25, 0.3) is 16.6 Å². The Labute approximate surface area is 245 Å². The van der Waals surface area contributed by atoms with Crippen molar-refractivity contribution in [2.75, 3.05) is 37.6 Å². The van der Waals surface area contributed by atoms with Gasteiger partial charge < -0.3 is 28.9 Å². The van der Waals surface area contributed by atoms with Crippen molar-refractivity contribution in [1.29, 1.82) is 0 Å². The predicted molar refractivity (Wildman–Crippen MR) is 158 cm³/mol. The fourth-order valence-electron chi connectivity index (χ4n) is 5.61. The lowest BCUT2D eigenvalue weighted by Crippen LogP contribution is -2.37. The molecule has 0 bridgehead atoms. The lowest BCUT2D eigenvalue weighted by Gasteiger charge is -2.31. The van der Waals surface area contributed by atoms with E-state index in [-0.39, 0.29) is 23.0 Å². The predicted octanol–water partition coefficient (Wildman–Crippen LogP) is 4.91. The summed E-state index contributed by atoms with van der Waals surface area (Å²) in [5, 5.41) is 10.7. The SMILES string of the molecule is COc1ccnc(OC[C@H]2C[C@H]3C[C@H]3N2c2cc3c(cc2Cl)c(=O)c(C(=O)O)cn3-c2ccc(N(C)C)nc2)c1Cl. The number of benzene rings is 1. The number of hydrogen-bond acceptors (Lipinski definition) is 8. The molecule has 0 amide bonds. The maximum atomic E-state index is 13.2. The van der Waals surface area contributed by atoms with Crippen molar-refractivity contribution < 1.29 is 19.4 Å². The zero-order chi connectivity index (χ0) is 29.0. The van der Waals surface area contributed by atoms with Gasteiger partial charge in [-0.05, 0) is 43.0 Å². The van der Waals surface area contributed by atoms with E-state index in [0.29, 0.717) is 45.4 Å². The van der Waals surface area contributed by atoms with E-state index in [2.05, 4.69) is 14.9 Å². The maximum absolute atomic E-state index is 13.2. The number of carboxylic acids is 1. The van der Waals surface area contributed by atoms with Crippen LogP contribution in [-0.4, -0.2) is 65.5 Å². The summed E-state index contributed by atoms with van der Waals surface area (Å²) in [5.74, 6) is 0.702. The van der Waals surface area contributed by atoms with Gasteiger partial charge in [-0.2, -0.15) is 0 Å². The van der Waals surface area contributed by atoms with Crippen molar-refractivity contribution in [3.63, 3.8) is 0 Å². The molecular weight excluding hydrogens is 569 g/mol. The summed E-state index contributed by atoms with van der Waals surface area (Å²) in [6.07, 6.45) is 6.51. The molecule has 1 aliphatic heterocycles. The minimum absolute atomic E-state index is 0.0164. The highest BCUT2D eigenvalue weighted by atomic mass is 35.5. The van der Waals surface area contributed by atoms with Crippen molar-refractivity contribution in [3.05, 3.63) is 74.8 Å². The van der Waals surface area contributed by atoms with Crippen LogP contribution in [0.1, 0.15) is 23.2 Å². The highest BCUT2D eigenvalue weighted by molar-refractivity contribution is 6.34. The first-order valence-corrected chi connectivity index (χ1v) is 13.8. The Balaban J connectivity index is 1.42. The molecule has 2 aliphatic rings. The monoisotopic (exact) mass is 595 g/mol. The number of methoxy groups -OCH3 is 1. The highest BCUT2D eigenvalue weighted by Crippen LogP contribution is 2.51. The molecule has 10 nitrogen and oxygen atoms in total. The summed E-state index contributed by atoms with van der Waals surface area (Å²) >= 11 is 13.2. The Bertz CT molecular complexity index is 1730. The molecule has 1 saturated heterocycles. The Morgan fingerprint density at radius 3 is 2.66 bits per heavy atom. The number of aromatic carboxylic acids is 1. The topological polar surface area (TPSA) is 110 Å². The molecule has 1 N–H and O–H groups in total. The zero-order valence-corrected chi connectivity index (χ0v) is 24.1. The molecule has 0 spiro atoms. The van der Waals surface area contributed by atoms with Gasteiger partial charge in [-0.25, -0.2) is 14.8 Å². The van der Waals surface area contributed by atoms with Crippen molar-refractivity contribution in [2.45, 2.75) is 24.9 Å². The van der Waals surface area contributed by atoms with Crippen molar-refractivity contribution in [3.8, 4) is 17.3 Å². The second kappa shape index (κ2) is 10.4. The molecule has 1 aromatic carbocycles. The molecule has 4 aromatic rings. The Morgan fingerprint density at radius 1 is 1.17 bits per heavy atom. The van der Waals surface area contributed by atoms with E-state index in [1.807, 2.05) is 37.2 Å². The number of rotatable bonds is 8. The summed E-state index contributed by atoms with van der Waals surface area (Å²) in [5.41, 5.74) is 0.937. The molecule has 0 radical (unpaired) electrons. The molecule has 6 rings (SSSR count). The van der Waals surface area contributed by atoms with E-state index in [1.54, 1.807) is 29.1 Å². The van der Waals surface area contributed by atoms with Gasteiger partial charge in [0.25, 0.3) is 0 Å². The average molecular weight is 596 g/mol. The molecule has 1 aliphatic carbocycles. The van der Waals surface area contributed by atoms with E-state index in [9.17, 15) is 14.7 Å². The molecule has 3 atom stereocenters. The van der Waals surface area contributed by atoms with Crippen LogP contribution in [0, 0.1) is 5.92 Å². The summed E-state index contributed by atoms with van der Waals surface area (Å²) in [6, 6.07) is 9.02. The summed E-state index contributed by atoms with van der Waals surface area (Å²) in [6.45, 7) is 0.321. The van der Waals surface area contributed by atoms with Crippen LogP contribution in [-0.2, 0) is 0 Å². The van der Waals surface area contributed by atoms with Crippen molar-refractivity contribution in [1.82, 2.24) is 14.5 Å². The van der Waals surface area contributed by atoms with Crippen LogP contribution in [0.3, 0.4) is 0 Å². The number of fused-ring (bicyclic) bond motifs is 2. The van der Waals surface area contributed by atoms with Crippen LogP contribution in [0.2, 0.25) is 10.0 Å². The molecular formula is C29H27Cl2N5O5. The minimum atomic E-state index is -1.31. The zero-order valence-electron chi connectivity index (χ0n) is 22.5. The Hall–Kier alpha value is -4.02. The lowest BCUT2D eigenvalue weighted by molar-refractivity contribution is 0.0695. The van der Waals surface area contributed by atoms with Crippen LogP contribution >= 0.6 is 23.2 Å². The van der Waals surface area contributed by atoms with E-state index >= 15 is 0 Å². The van der Waals surface area contributed by atoms with E-state index < -0.39 is 11.4 Å². The first-order chi connectivity index (χ1) is 19.7. The third-order valence-corrected chi connectivity index (χ3v) is 8.36. The molecule has 0 unspecified atom stereocenters. The van der Waals surface area contributed by atoms with Crippen LogP contribution < -0.4 is 24.7 Å². The molecule has 12 heteroatoms. The number of ether oxygens (including phenoxy) is 2. The molecule has 4 heterocycles. The number of halogens is 2. The molecule has 2 fully saturated rings. The summed E-state index contributed by atoms with van der Waals surface area (Å²) in [4.78, 5) is 38.1. The number of pyridine rings is 3. The standard InChI is InChI=1S/C29H27Cl2N5O5/c1-34(2)25-5-4-16(12-33-25)35-13-19(29(38)39)27(37)18-10-20(30)23(11-22(18)35)36-17(8-15-9-21(15)36)14-41-28-26(31)24(40-3)6-7-32-28/h4-7,10-13,15,17,21H,8-9,14H2,1-3H3,(H,38,39)/t15-,17+,21+/m0/s1. The normalized spacial score (nSPS) is 19.2. The third kappa shape index (κ3) is 4.81. The van der Waals surface area contributed by atoms with Gasteiger partial charge in [0, 0.05) is 44.0 Å². The second-order valence-corrected chi connectivity index (χ2v) is 11.2. The first-order valence-electron chi connectivity index (χ1n) is 13.0. The fraction of sp³-hybridized carbons (Fsp3) is 0.310. The Kier molecular flexibility index (Phi) is 6.91. The van der Waals surface area contributed by atoms with Crippen molar-refractivity contribution in [2.24, 2.45) is 5.92 Å². The first kappa shape index (κ1) is 27.2. The molecule has 212 valence electrons. The number of hydrogen-bond donors (Lipinski definition) is 1. The Morgan fingerprint density at radius 2 is 1.98 bits per heavy atom. The molecule has 1 saturated carbocycles. The summed E-state index contributed by atoms with van der Waals surface area (Å²) < 4.78 is 13.0. The van der Waals surface area contributed by atoms with Gasteiger partial charge in [0.15, 0.2) is 0 Å². The number of anilines is 2. The number of carbonyl (C=O) groups is 1. The quantitative estimate of drug-likeness (QED) is 0.304. The van der Waals surface area contributed by atoms with Crippen LogP contribution in [0.4, 0.5) is 11.5 Å². The third-order valence-electron chi connectivity index (χ3n) is 7.71.